The summed E-state index contributed by atoms with van der Waals surface area (Å²) in [4.78, 5) is 0. The van der Waals surface area contributed by atoms with Gasteiger partial charge in [-0.3, -0.25) is 0 Å². The van der Waals surface area contributed by atoms with Crippen molar-refractivity contribution in [3.8, 4) is 0 Å². The molecule has 0 fully saturated rings. The predicted octanol–water partition coefficient (Wildman–Crippen LogP) is 4.10. The molecule has 0 aliphatic rings. The van der Waals surface area contributed by atoms with Crippen LogP contribution in [-0.2, 0) is 5.04 Å². The molecule has 0 saturated carbocycles. The minimum absolute atomic E-state index is 0.0115. The molecule has 0 radical (unpaired) electrons. The molecular weight excluding hydrogens is 231 g/mol. The molecule has 0 bridgehead atoms. The normalized spacial score (nSPS) is 16.4. The molecule has 1 aromatic carbocycles. The number of hydrogen-bond donors (Lipinski definition) is 0. The first-order valence-electron chi connectivity index (χ1n) is 4.72. The van der Waals surface area contributed by atoms with Gasteiger partial charge in [-0.2, -0.15) is 11.1 Å². The minimum Gasteiger partial charge on any atom is -0.165 e. The summed E-state index contributed by atoms with van der Waals surface area (Å²) in [5, 5.41) is 0.0115. The Bertz CT molecular complexity index is 293. The molecule has 0 saturated heterocycles. The van der Waals surface area contributed by atoms with Crippen molar-refractivity contribution in [2.24, 2.45) is 0 Å². The number of rotatable bonds is 3. The lowest BCUT2D eigenvalue weighted by Crippen LogP contribution is -2.47. The van der Waals surface area contributed by atoms with Gasteiger partial charge >= 0.3 is 0 Å². The third-order valence-electron chi connectivity index (χ3n) is 3.05. The van der Waals surface area contributed by atoms with Crippen LogP contribution in [0.25, 0.3) is 0 Å². The van der Waals surface area contributed by atoms with Crippen molar-refractivity contribution < 1.29 is 0 Å². The van der Waals surface area contributed by atoms with E-state index < -0.39 is 7.38 Å². The van der Waals surface area contributed by atoms with Crippen LogP contribution in [-0.4, -0.2) is 12.9 Å². The van der Waals surface area contributed by atoms with Gasteiger partial charge < -0.3 is 0 Å². The van der Waals surface area contributed by atoms with Gasteiger partial charge in [-0.15, -0.1) is 11.6 Å². The van der Waals surface area contributed by atoms with Crippen molar-refractivity contribution in [2.45, 2.75) is 25.4 Å². The smallest absolute Gasteiger partial charge is 0.165 e. The van der Waals surface area contributed by atoms with Gasteiger partial charge in [0.05, 0.1) is 0 Å². The average molecular weight is 247 g/mol. The quantitative estimate of drug-likeness (QED) is 0.428. The van der Waals surface area contributed by atoms with Gasteiger partial charge in [-0.25, -0.2) is 0 Å². The Hall–Kier alpha value is 0.0169. The number of halogens is 2. The van der Waals surface area contributed by atoms with Gasteiger partial charge in [0.25, 0.3) is 0 Å². The number of hydrogen-bond acceptors (Lipinski definition) is 0. The van der Waals surface area contributed by atoms with E-state index >= 15 is 0 Å². The van der Waals surface area contributed by atoms with E-state index in [0.717, 1.165) is 0 Å². The van der Waals surface area contributed by atoms with Gasteiger partial charge in [0, 0.05) is 5.50 Å². The van der Waals surface area contributed by atoms with Crippen molar-refractivity contribution in [1.29, 1.82) is 0 Å². The van der Waals surface area contributed by atoms with Crippen LogP contribution < -0.4 is 0 Å². The fourth-order valence-corrected chi connectivity index (χ4v) is 3.76. The van der Waals surface area contributed by atoms with Crippen LogP contribution in [0.2, 0.25) is 6.55 Å². The molecule has 0 N–H and O–H groups in total. The zero-order chi connectivity index (χ0) is 10.8. The van der Waals surface area contributed by atoms with Crippen molar-refractivity contribution in [1.82, 2.24) is 0 Å². The summed E-state index contributed by atoms with van der Waals surface area (Å²) in [7, 11) is -1.91. The average Bonchev–Trinajstić information content (AvgIpc) is 2.19. The summed E-state index contributed by atoms with van der Waals surface area (Å²) in [5.74, 6) is 0. The third kappa shape index (κ3) is 2.15. The van der Waals surface area contributed by atoms with E-state index in [4.69, 9.17) is 22.7 Å². The summed E-state index contributed by atoms with van der Waals surface area (Å²) in [6.45, 7) is 6.49. The first-order chi connectivity index (χ1) is 6.42. The van der Waals surface area contributed by atoms with Crippen molar-refractivity contribution >= 4 is 30.1 Å². The highest BCUT2D eigenvalue weighted by Crippen LogP contribution is 2.36. The van der Waals surface area contributed by atoms with Crippen LogP contribution in [0.3, 0.4) is 0 Å². The zero-order valence-corrected chi connectivity index (χ0v) is 11.4. The molecule has 0 spiro atoms. The molecule has 14 heavy (non-hydrogen) atoms. The van der Waals surface area contributed by atoms with Gasteiger partial charge in [0.15, 0.2) is 7.38 Å². The van der Waals surface area contributed by atoms with E-state index in [-0.39, 0.29) is 5.04 Å². The van der Waals surface area contributed by atoms with Gasteiger partial charge in [0.1, 0.15) is 0 Å². The molecule has 3 heteroatoms. The number of alkyl halides is 1. The van der Waals surface area contributed by atoms with Crippen LogP contribution in [0.15, 0.2) is 30.3 Å². The summed E-state index contributed by atoms with van der Waals surface area (Å²) in [6.07, 6.45) is 0. The molecule has 1 aromatic rings. The van der Waals surface area contributed by atoms with Crippen LogP contribution in [0.1, 0.15) is 19.4 Å². The van der Waals surface area contributed by atoms with E-state index in [9.17, 15) is 0 Å². The summed E-state index contributed by atoms with van der Waals surface area (Å²) in [5.41, 5.74) is 1.86. The minimum atomic E-state index is -1.91. The van der Waals surface area contributed by atoms with Gasteiger partial charge in [-0.05, 0) is 10.6 Å². The largest absolute Gasteiger partial charge is 0.177 e. The first kappa shape index (κ1) is 12.1. The zero-order valence-electron chi connectivity index (χ0n) is 8.85. The maximum absolute atomic E-state index is 6.55. The molecular formula is C11H16Cl2Si. The molecule has 1 atom stereocenters. The summed E-state index contributed by atoms with van der Waals surface area (Å²) >= 11 is 12.5. The molecule has 0 amide bonds. The molecule has 1 rings (SSSR count). The van der Waals surface area contributed by atoms with Crippen molar-refractivity contribution in [2.75, 3.05) is 5.50 Å². The van der Waals surface area contributed by atoms with Crippen LogP contribution in [0.5, 0.6) is 0 Å². The lowest BCUT2D eigenvalue weighted by molar-refractivity contribution is 0.730. The Morgan fingerprint density at radius 3 is 2.14 bits per heavy atom. The third-order valence-corrected chi connectivity index (χ3v) is 10.3. The molecule has 0 nitrogen and oxygen atoms in total. The highest BCUT2D eigenvalue weighted by Gasteiger charge is 2.42. The first-order valence-corrected chi connectivity index (χ1v) is 8.97. The van der Waals surface area contributed by atoms with E-state index in [2.05, 4.69) is 32.5 Å². The number of benzene rings is 1. The second-order valence-electron chi connectivity index (χ2n) is 4.32. The van der Waals surface area contributed by atoms with E-state index in [1.165, 1.54) is 5.56 Å². The summed E-state index contributed by atoms with van der Waals surface area (Å²) in [6, 6.07) is 10.4. The highest BCUT2D eigenvalue weighted by atomic mass is 35.6. The molecule has 0 aliphatic heterocycles. The van der Waals surface area contributed by atoms with Crippen LogP contribution in [0.4, 0.5) is 0 Å². The Labute approximate surface area is 96.9 Å². The van der Waals surface area contributed by atoms with Crippen LogP contribution >= 0.6 is 22.7 Å². The van der Waals surface area contributed by atoms with E-state index in [1.807, 2.05) is 18.2 Å². The molecule has 0 aromatic heterocycles. The molecule has 78 valence electrons. The Morgan fingerprint density at radius 1 is 1.21 bits per heavy atom. The summed E-state index contributed by atoms with van der Waals surface area (Å²) < 4.78 is 0. The Kier molecular flexibility index (Phi) is 3.67. The Balaban J connectivity index is 3.08. The van der Waals surface area contributed by atoms with Gasteiger partial charge in [0.2, 0.25) is 0 Å². The lowest BCUT2D eigenvalue weighted by atomic mass is 10.0. The second kappa shape index (κ2) is 4.26. The van der Waals surface area contributed by atoms with Crippen LogP contribution in [0, 0.1) is 0 Å². The van der Waals surface area contributed by atoms with Crippen molar-refractivity contribution in [3.05, 3.63) is 35.9 Å². The maximum atomic E-state index is 6.55. The van der Waals surface area contributed by atoms with E-state index in [0.29, 0.717) is 5.50 Å². The van der Waals surface area contributed by atoms with E-state index in [1.54, 1.807) is 0 Å². The van der Waals surface area contributed by atoms with Crippen molar-refractivity contribution in [3.63, 3.8) is 0 Å². The standard InChI is InChI=1S/C11H16Cl2Si/c1-11(2,14(3,13)9-12)10-7-5-4-6-8-10/h4-8H,9H2,1-3H3. The molecule has 1 unspecified atom stereocenters. The fraction of sp³-hybridized carbons (Fsp3) is 0.455. The van der Waals surface area contributed by atoms with Gasteiger partial charge in [-0.1, -0.05) is 50.7 Å². The SMILES string of the molecule is CC(C)(c1ccccc1)[Si](C)(Cl)CCl. The Morgan fingerprint density at radius 2 is 1.71 bits per heavy atom. The maximum Gasteiger partial charge on any atom is 0.177 e. The lowest BCUT2D eigenvalue weighted by Gasteiger charge is -2.36. The molecule has 0 heterocycles. The topological polar surface area (TPSA) is 0 Å². The fourth-order valence-electron chi connectivity index (χ4n) is 1.32. The predicted molar refractivity (Wildman–Crippen MR) is 67.7 cm³/mol. The second-order valence-corrected chi connectivity index (χ2v) is 11.5. The molecule has 0 aliphatic carbocycles. The monoisotopic (exact) mass is 246 g/mol. The highest BCUT2D eigenvalue weighted by molar-refractivity contribution is 7.23.